The fraction of sp³-hybridized carbons (Fsp3) is 0.667. The second-order valence-electron chi connectivity index (χ2n) is 4.25. The quantitative estimate of drug-likeness (QED) is 0.751. The Labute approximate surface area is 97.5 Å². The lowest BCUT2D eigenvalue weighted by Gasteiger charge is -2.15. The molecular formula is C12H22N4. The van der Waals surface area contributed by atoms with Crippen LogP contribution in [-0.4, -0.2) is 15.0 Å². The van der Waals surface area contributed by atoms with E-state index in [0.29, 0.717) is 12.5 Å². The summed E-state index contributed by atoms with van der Waals surface area (Å²) in [7, 11) is 0. The van der Waals surface area contributed by atoms with Crippen LogP contribution in [0.2, 0.25) is 0 Å². The minimum absolute atomic E-state index is 0.460. The molecule has 16 heavy (non-hydrogen) atoms. The molecule has 2 N–H and O–H groups in total. The fourth-order valence-corrected chi connectivity index (χ4v) is 2.00. The van der Waals surface area contributed by atoms with E-state index in [1.165, 1.54) is 5.69 Å². The smallest absolute Gasteiger partial charge is 0.0997 e. The average molecular weight is 222 g/mol. The first kappa shape index (κ1) is 12.9. The van der Waals surface area contributed by atoms with Crippen molar-refractivity contribution in [3.05, 3.63) is 23.5 Å². The molecule has 0 aliphatic carbocycles. The topological polar surface area (TPSA) is 56.7 Å². The number of rotatable bonds is 6. The molecule has 0 saturated carbocycles. The van der Waals surface area contributed by atoms with Crippen molar-refractivity contribution in [2.75, 3.05) is 0 Å². The van der Waals surface area contributed by atoms with E-state index >= 15 is 0 Å². The van der Waals surface area contributed by atoms with E-state index in [0.717, 1.165) is 30.7 Å². The summed E-state index contributed by atoms with van der Waals surface area (Å²) in [6.45, 7) is 11.5. The van der Waals surface area contributed by atoms with Gasteiger partial charge < -0.3 is 5.73 Å². The van der Waals surface area contributed by atoms with Crippen LogP contribution >= 0.6 is 0 Å². The minimum atomic E-state index is 0.460. The van der Waals surface area contributed by atoms with E-state index in [-0.39, 0.29) is 0 Å². The number of hydrogen-bond donors (Lipinski definition) is 1. The van der Waals surface area contributed by atoms with Crippen molar-refractivity contribution in [1.29, 1.82) is 0 Å². The molecule has 0 radical (unpaired) electrons. The lowest BCUT2D eigenvalue weighted by atomic mass is 9.97. The number of allylic oxidation sites excluding steroid dienone is 1. The Kier molecular flexibility index (Phi) is 4.68. The Hall–Kier alpha value is -1.16. The summed E-state index contributed by atoms with van der Waals surface area (Å²) in [6, 6.07) is 0. The molecule has 0 fully saturated rings. The van der Waals surface area contributed by atoms with E-state index in [1.807, 2.05) is 11.6 Å². The van der Waals surface area contributed by atoms with Crippen molar-refractivity contribution in [2.24, 2.45) is 5.73 Å². The van der Waals surface area contributed by atoms with E-state index in [9.17, 15) is 0 Å². The van der Waals surface area contributed by atoms with E-state index in [4.69, 9.17) is 5.73 Å². The number of aromatic nitrogens is 3. The number of nitrogens with two attached hydrogens (primary N) is 1. The summed E-state index contributed by atoms with van der Waals surface area (Å²) in [5, 5.41) is 8.32. The SMILES string of the molecule is C=C(C)Cn1nnc(CN)c1C(CC)CC. The average Bonchev–Trinajstić information content (AvgIpc) is 2.63. The van der Waals surface area contributed by atoms with Gasteiger partial charge in [0.15, 0.2) is 0 Å². The molecule has 0 unspecified atom stereocenters. The predicted octanol–water partition coefficient (Wildman–Crippen LogP) is 2.22. The van der Waals surface area contributed by atoms with Gasteiger partial charge in [-0.2, -0.15) is 0 Å². The third-order valence-corrected chi connectivity index (χ3v) is 2.83. The standard InChI is InChI=1S/C12H22N4/c1-5-10(6-2)12-11(7-13)14-15-16(12)8-9(3)4/h10H,3,5-8,13H2,1-2,4H3. The largest absolute Gasteiger partial charge is 0.325 e. The first-order valence-electron chi connectivity index (χ1n) is 5.90. The summed E-state index contributed by atoms with van der Waals surface area (Å²) in [5.41, 5.74) is 8.90. The number of nitrogens with zero attached hydrogens (tertiary/aromatic N) is 3. The summed E-state index contributed by atoms with van der Waals surface area (Å²) in [5.74, 6) is 0.493. The van der Waals surface area contributed by atoms with Crippen LogP contribution in [0.25, 0.3) is 0 Å². The van der Waals surface area contributed by atoms with Crippen LogP contribution < -0.4 is 5.73 Å². The molecule has 90 valence electrons. The van der Waals surface area contributed by atoms with Gasteiger partial charge in [0.25, 0.3) is 0 Å². The van der Waals surface area contributed by atoms with Gasteiger partial charge in [0.05, 0.1) is 17.9 Å². The zero-order chi connectivity index (χ0) is 12.1. The van der Waals surface area contributed by atoms with Gasteiger partial charge in [-0.05, 0) is 19.8 Å². The Balaban J connectivity index is 3.08. The first-order valence-corrected chi connectivity index (χ1v) is 5.90. The monoisotopic (exact) mass is 222 g/mol. The van der Waals surface area contributed by atoms with Crippen molar-refractivity contribution in [3.8, 4) is 0 Å². The molecule has 1 aromatic rings. The maximum absolute atomic E-state index is 5.70. The zero-order valence-corrected chi connectivity index (χ0v) is 10.5. The zero-order valence-electron chi connectivity index (χ0n) is 10.5. The summed E-state index contributed by atoms with van der Waals surface area (Å²) < 4.78 is 1.95. The van der Waals surface area contributed by atoms with Gasteiger partial charge in [-0.1, -0.05) is 31.2 Å². The fourth-order valence-electron chi connectivity index (χ4n) is 2.00. The molecule has 0 aliphatic rings. The highest BCUT2D eigenvalue weighted by atomic mass is 15.4. The lowest BCUT2D eigenvalue weighted by molar-refractivity contribution is 0.538. The highest BCUT2D eigenvalue weighted by Gasteiger charge is 2.18. The van der Waals surface area contributed by atoms with Crippen LogP contribution in [0, 0.1) is 0 Å². The molecule has 0 aromatic carbocycles. The minimum Gasteiger partial charge on any atom is -0.325 e. The van der Waals surface area contributed by atoms with Crippen LogP contribution in [0.3, 0.4) is 0 Å². The van der Waals surface area contributed by atoms with Crippen molar-refractivity contribution >= 4 is 0 Å². The van der Waals surface area contributed by atoms with Gasteiger partial charge in [-0.15, -0.1) is 5.10 Å². The van der Waals surface area contributed by atoms with E-state index in [2.05, 4.69) is 30.7 Å². The van der Waals surface area contributed by atoms with Gasteiger partial charge in [0.2, 0.25) is 0 Å². The lowest BCUT2D eigenvalue weighted by Crippen LogP contribution is -2.12. The van der Waals surface area contributed by atoms with Gasteiger partial charge in [0, 0.05) is 12.5 Å². The first-order chi connectivity index (χ1) is 7.63. The second-order valence-corrected chi connectivity index (χ2v) is 4.25. The van der Waals surface area contributed by atoms with Crippen LogP contribution in [-0.2, 0) is 13.1 Å². The van der Waals surface area contributed by atoms with Crippen LogP contribution in [0.5, 0.6) is 0 Å². The summed E-state index contributed by atoms with van der Waals surface area (Å²) >= 11 is 0. The molecule has 1 rings (SSSR count). The molecule has 0 atom stereocenters. The van der Waals surface area contributed by atoms with Crippen molar-refractivity contribution in [2.45, 2.75) is 52.6 Å². The maximum Gasteiger partial charge on any atom is 0.0997 e. The molecule has 0 spiro atoms. The molecule has 0 amide bonds. The summed E-state index contributed by atoms with van der Waals surface area (Å²) in [6.07, 6.45) is 2.18. The number of hydrogen-bond acceptors (Lipinski definition) is 3. The van der Waals surface area contributed by atoms with Crippen LogP contribution in [0.1, 0.15) is 50.9 Å². The third-order valence-electron chi connectivity index (χ3n) is 2.83. The Morgan fingerprint density at radius 2 is 2.06 bits per heavy atom. The Bertz CT molecular complexity index is 350. The van der Waals surface area contributed by atoms with Crippen LogP contribution in [0.4, 0.5) is 0 Å². The highest BCUT2D eigenvalue weighted by Crippen LogP contribution is 2.25. The highest BCUT2D eigenvalue weighted by molar-refractivity contribution is 5.16. The molecule has 1 aromatic heterocycles. The molecule has 4 nitrogen and oxygen atoms in total. The van der Waals surface area contributed by atoms with Crippen molar-refractivity contribution in [1.82, 2.24) is 15.0 Å². The molecule has 0 bridgehead atoms. The molecule has 0 aliphatic heterocycles. The molecular weight excluding hydrogens is 200 g/mol. The maximum atomic E-state index is 5.70. The van der Waals surface area contributed by atoms with Crippen molar-refractivity contribution in [3.63, 3.8) is 0 Å². The molecule has 1 heterocycles. The Morgan fingerprint density at radius 3 is 2.50 bits per heavy atom. The van der Waals surface area contributed by atoms with Crippen molar-refractivity contribution < 1.29 is 0 Å². The van der Waals surface area contributed by atoms with Gasteiger partial charge in [-0.25, -0.2) is 4.68 Å². The predicted molar refractivity (Wildman–Crippen MR) is 66.1 cm³/mol. The van der Waals surface area contributed by atoms with E-state index in [1.54, 1.807) is 0 Å². The normalized spacial score (nSPS) is 11.1. The Morgan fingerprint density at radius 1 is 1.44 bits per heavy atom. The van der Waals surface area contributed by atoms with Gasteiger partial charge in [0.1, 0.15) is 0 Å². The van der Waals surface area contributed by atoms with Gasteiger partial charge >= 0.3 is 0 Å². The summed E-state index contributed by atoms with van der Waals surface area (Å²) in [4.78, 5) is 0. The molecule has 0 saturated heterocycles. The van der Waals surface area contributed by atoms with E-state index < -0.39 is 0 Å². The second kappa shape index (κ2) is 5.80. The third kappa shape index (κ3) is 2.70. The van der Waals surface area contributed by atoms with Gasteiger partial charge in [-0.3, -0.25) is 0 Å². The van der Waals surface area contributed by atoms with Crippen LogP contribution in [0.15, 0.2) is 12.2 Å². The molecule has 4 heteroatoms.